The minimum atomic E-state index is -0.570. The second-order valence-electron chi connectivity index (χ2n) is 8.14. The Bertz CT molecular complexity index is 1130. The van der Waals surface area contributed by atoms with E-state index in [2.05, 4.69) is 40.0 Å². The standard InChI is InChI=1S/C25H31FN4O2/c1-6-30(7-2)13-12-19-14-15(3)22-21(16(19)4)23(25(32)27-22)28-29-24(31)17(5)18-8-10-20(26)11-9-18/h8-11,14,17,27,32H,6-7,12-13H2,1-5H3. The summed E-state index contributed by atoms with van der Waals surface area (Å²) in [6.45, 7) is 12.9. The maximum absolute atomic E-state index is 13.2. The summed E-state index contributed by atoms with van der Waals surface area (Å²) in [6, 6.07) is 7.89. The highest BCUT2D eigenvalue weighted by Crippen LogP contribution is 2.40. The van der Waals surface area contributed by atoms with E-state index in [1.165, 1.54) is 17.7 Å². The molecule has 7 heteroatoms. The first-order valence-electron chi connectivity index (χ1n) is 11.0. The van der Waals surface area contributed by atoms with Crippen molar-refractivity contribution >= 4 is 22.5 Å². The largest absolute Gasteiger partial charge is 0.493 e. The smallest absolute Gasteiger partial charge is 0.271 e. The van der Waals surface area contributed by atoms with Crippen molar-refractivity contribution < 1.29 is 14.3 Å². The quantitative estimate of drug-likeness (QED) is 0.428. The first-order chi connectivity index (χ1) is 15.3. The van der Waals surface area contributed by atoms with Crippen molar-refractivity contribution in [2.24, 2.45) is 10.2 Å². The second kappa shape index (κ2) is 10.0. The van der Waals surface area contributed by atoms with Crippen molar-refractivity contribution in [2.45, 2.75) is 47.0 Å². The van der Waals surface area contributed by atoms with Crippen LogP contribution in [0.5, 0.6) is 5.88 Å². The van der Waals surface area contributed by atoms with Crippen molar-refractivity contribution in [1.29, 1.82) is 0 Å². The molecule has 0 fully saturated rings. The third kappa shape index (κ3) is 4.88. The van der Waals surface area contributed by atoms with Gasteiger partial charge in [-0.25, -0.2) is 4.39 Å². The van der Waals surface area contributed by atoms with Gasteiger partial charge in [-0.05, 0) is 74.7 Å². The molecule has 0 aliphatic rings. The second-order valence-corrected chi connectivity index (χ2v) is 8.14. The van der Waals surface area contributed by atoms with E-state index in [1.54, 1.807) is 19.1 Å². The molecule has 0 spiro atoms. The molecule has 2 N–H and O–H groups in total. The van der Waals surface area contributed by atoms with Gasteiger partial charge < -0.3 is 15.0 Å². The van der Waals surface area contributed by atoms with Crippen LogP contribution in [-0.4, -0.2) is 40.5 Å². The molecule has 0 aliphatic carbocycles. The molecular formula is C25H31FN4O2. The predicted octanol–water partition coefficient (Wildman–Crippen LogP) is 5.93. The lowest BCUT2D eigenvalue weighted by Gasteiger charge is -2.19. The van der Waals surface area contributed by atoms with Crippen LogP contribution in [0.15, 0.2) is 40.6 Å². The molecule has 1 unspecified atom stereocenters. The molecule has 1 heterocycles. The number of carbonyl (C=O) groups is 1. The number of rotatable bonds is 8. The summed E-state index contributed by atoms with van der Waals surface area (Å²) in [5.74, 6) is -1.50. The minimum Gasteiger partial charge on any atom is -0.493 e. The molecule has 1 aromatic heterocycles. The molecule has 0 saturated heterocycles. The molecule has 0 saturated carbocycles. The number of aromatic hydroxyl groups is 1. The van der Waals surface area contributed by atoms with Crippen LogP contribution in [-0.2, 0) is 11.2 Å². The van der Waals surface area contributed by atoms with Gasteiger partial charge in [-0.15, -0.1) is 10.2 Å². The van der Waals surface area contributed by atoms with Crippen LogP contribution in [0, 0.1) is 19.7 Å². The van der Waals surface area contributed by atoms with Crippen LogP contribution in [0.3, 0.4) is 0 Å². The van der Waals surface area contributed by atoms with Crippen LogP contribution < -0.4 is 0 Å². The van der Waals surface area contributed by atoms with E-state index in [1.807, 2.05) is 13.8 Å². The van der Waals surface area contributed by atoms with E-state index in [9.17, 15) is 14.3 Å². The molecule has 6 nitrogen and oxygen atoms in total. The minimum absolute atomic E-state index is 0.113. The van der Waals surface area contributed by atoms with Crippen LogP contribution in [0.4, 0.5) is 10.1 Å². The Morgan fingerprint density at radius 1 is 1.19 bits per heavy atom. The molecule has 32 heavy (non-hydrogen) atoms. The summed E-state index contributed by atoms with van der Waals surface area (Å²) in [6.07, 6.45) is 0.882. The van der Waals surface area contributed by atoms with Crippen LogP contribution >= 0.6 is 0 Å². The van der Waals surface area contributed by atoms with Gasteiger partial charge in [0.2, 0.25) is 5.88 Å². The number of hydrogen-bond donors (Lipinski definition) is 2. The van der Waals surface area contributed by atoms with Crippen molar-refractivity contribution in [3.63, 3.8) is 0 Å². The third-order valence-electron chi connectivity index (χ3n) is 6.18. The number of nitrogens with one attached hydrogen (secondary N) is 1. The third-order valence-corrected chi connectivity index (χ3v) is 6.18. The number of aromatic nitrogens is 1. The molecule has 1 amide bonds. The van der Waals surface area contributed by atoms with Gasteiger partial charge in [0.15, 0.2) is 5.69 Å². The summed E-state index contributed by atoms with van der Waals surface area (Å²) in [5.41, 5.74) is 4.92. The number of hydrogen-bond acceptors (Lipinski definition) is 4. The molecular weight excluding hydrogens is 407 g/mol. The number of azo groups is 1. The maximum Gasteiger partial charge on any atom is 0.271 e. The lowest BCUT2D eigenvalue weighted by atomic mass is 9.97. The van der Waals surface area contributed by atoms with Crippen LogP contribution in [0.2, 0.25) is 0 Å². The Morgan fingerprint density at radius 3 is 2.47 bits per heavy atom. The fourth-order valence-electron chi connectivity index (χ4n) is 4.00. The van der Waals surface area contributed by atoms with Gasteiger partial charge in [0.1, 0.15) is 5.82 Å². The van der Waals surface area contributed by atoms with Crippen molar-refractivity contribution in [3.8, 4) is 5.88 Å². The lowest BCUT2D eigenvalue weighted by Crippen LogP contribution is -2.25. The zero-order chi connectivity index (χ0) is 23.4. The van der Waals surface area contributed by atoms with E-state index in [-0.39, 0.29) is 17.4 Å². The Hall–Kier alpha value is -3.06. The molecule has 0 bridgehead atoms. The number of likely N-dealkylation sites (N-methyl/N-ethyl adjacent to an activating group) is 1. The maximum atomic E-state index is 13.2. The van der Waals surface area contributed by atoms with Gasteiger partial charge in [-0.1, -0.05) is 32.0 Å². The van der Waals surface area contributed by atoms with Crippen LogP contribution in [0.25, 0.3) is 10.9 Å². The summed E-state index contributed by atoms with van der Waals surface area (Å²) >= 11 is 0. The number of nitrogens with zero attached hydrogens (tertiary/aromatic N) is 3. The molecule has 3 rings (SSSR count). The Balaban J connectivity index is 1.92. The first kappa shape index (κ1) is 23.6. The SMILES string of the molecule is CCN(CC)CCc1cc(C)c2[nH]c(O)c(N=NC(=O)C(C)c3ccc(F)cc3)c2c1C. The lowest BCUT2D eigenvalue weighted by molar-refractivity contribution is -0.119. The van der Waals surface area contributed by atoms with E-state index in [4.69, 9.17) is 0 Å². The summed E-state index contributed by atoms with van der Waals surface area (Å²) in [7, 11) is 0. The molecule has 2 aromatic carbocycles. The number of aryl methyl sites for hydroxylation is 2. The number of H-pyrrole nitrogens is 1. The topological polar surface area (TPSA) is 81.1 Å². The molecule has 0 radical (unpaired) electrons. The van der Waals surface area contributed by atoms with Gasteiger partial charge in [-0.3, -0.25) is 4.79 Å². The monoisotopic (exact) mass is 438 g/mol. The number of halogens is 1. The van der Waals surface area contributed by atoms with Gasteiger partial charge in [0, 0.05) is 11.9 Å². The number of carbonyl (C=O) groups excluding carboxylic acids is 1. The van der Waals surface area contributed by atoms with E-state index in [0.717, 1.165) is 48.1 Å². The zero-order valence-electron chi connectivity index (χ0n) is 19.4. The summed E-state index contributed by atoms with van der Waals surface area (Å²) in [4.78, 5) is 17.9. The average Bonchev–Trinajstić information content (AvgIpc) is 3.12. The molecule has 170 valence electrons. The molecule has 0 aliphatic heterocycles. The summed E-state index contributed by atoms with van der Waals surface area (Å²) in [5, 5.41) is 19.3. The highest BCUT2D eigenvalue weighted by molar-refractivity contribution is 5.99. The van der Waals surface area contributed by atoms with Crippen molar-refractivity contribution in [3.05, 3.63) is 58.4 Å². The predicted molar refractivity (Wildman–Crippen MR) is 125 cm³/mol. The van der Waals surface area contributed by atoms with Gasteiger partial charge in [-0.2, -0.15) is 0 Å². The Kier molecular flexibility index (Phi) is 7.40. The number of aromatic amines is 1. The fraction of sp³-hybridized carbons (Fsp3) is 0.400. The van der Waals surface area contributed by atoms with E-state index in [0.29, 0.717) is 5.56 Å². The van der Waals surface area contributed by atoms with Gasteiger partial charge >= 0.3 is 0 Å². The van der Waals surface area contributed by atoms with E-state index >= 15 is 0 Å². The Labute approximate surface area is 188 Å². The molecule has 1 atom stereocenters. The zero-order valence-corrected chi connectivity index (χ0v) is 19.4. The highest BCUT2D eigenvalue weighted by atomic mass is 19.1. The first-order valence-corrected chi connectivity index (χ1v) is 11.0. The van der Waals surface area contributed by atoms with E-state index < -0.39 is 11.8 Å². The van der Waals surface area contributed by atoms with Gasteiger partial charge in [0.25, 0.3) is 5.91 Å². The number of benzene rings is 2. The summed E-state index contributed by atoms with van der Waals surface area (Å²) < 4.78 is 13.2. The number of fused-ring (bicyclic) bond motifs is 1. The number of amides is 1. The van der Waals surface area contributed by atoms with Crippen LogP contribution in [0.1, 0.15) is 48.9 Å². The van der Waals surface area contributed by atoms with Gasteiger partial charge in [0.05, 0.1) is 11.4 Å². The Morgan fingerprint density at radius 2 is 1.84 bits per heavy atom. The highest BCUT2D eigenvalue weighted by Gasteiger charge is 2.19. The fourth-order valence-corrected chi connectivity index (χ4v) is 4.00. The average molecular weight is 439 g/mol. The van der Waals surface area contributed by atoms with Crippen molar-refractivity contribution in [1.82, 2.24) is 9.88 Å². The molecule has 3 aromatic rings. The normalized spacial score (nSPS) is 12.8. The van der Waals surface area contributed by atoms with Crippen molar-refractivity contribution in [2.75, 3.05) is 19.6 Å².